The fraction of sp³-hybridized carbons (Fsp3) is 0.417. The Balaban J connectivity index is 1.79. The number of aliphatic hydroxyl groups excluding tert-OH is 1. The van der Waals surface area contributed by atoms with Crippen LogP contribution in [-0.4, -0.2) is 39.5 Å². The van der Waals surface area contributed by atoms with Crippen LogP contribution in [0.15, 0.2) is 24.5 Å². The monoisotopic (exact) mass is 300 g/mol. The third kappa shape index (κ3) is 4.50. The number of hydrogen-bond acceptors (Lipinski definition) is 5. The minimum atomic E-state index is -0.486. The van der Waals surface area contributed by atoms with Crippen molar-refractivity contribution in [3.05, 3.63) is 33.7 Å². The van der Waals surface area contributed by atoms with Crippen molar-refractivity contribution in [2.45, 2.75) is 19.2 Å². The van der Waals surface area contributed by atoms with Gasteiger partial charge < -0.3 is 10.8 Å². The number of aliphatic hydroxyl groups is 1. The molecule has 3 N–H and O–H groups in total. The predicted octanol–water partition coefficient (Wildman–Crippen LogP) is 1.67. The third-order valence-electron chi connectivity index (χ3n) is 2.63. The van der Waals surface area contributed by atoms with Gasteiger partial charge in [0.05, 0.1) is 28.9 Å². The average Bonchev–Trinajstić information content (AvgIpc) is 2.87. The molecule has 0 amide bonds. The highest BCUT2D eigenvalue weighted by molar-refractivity contribution is 7.16. The lowest BCUT2D eigenvalue weighted by Crippen LogP contribution is -2.31. The molecule has 0 fully saturated rings. The van der Waals surface area contributed by atoms with Gasteiger partial charge in [-0.1, -0.05) is 11.6 Å². The second-order valence-corrected chi connectivity index (χ2v) is 6.35. The van der Waals surface area contributed by atoms with Crippen molar-refractivity contribution in [3.8, 4) is 0 Å². The molecule has 5 nitrogen and oxygen atoms in total. The Morgan fingerprint density at radius 3 is 2.95 bits per heavy atom. The zero-order valence-electron chi connectivity index (χ0n) is 10.7. The zero-order chi connectivity index (χ0) is 13.8. The summed E-state index contributed by atoms with van der Waals surface area (Å²) in [4.78, 5) is 3.24. The van der Waals surface area contributed by atoms with Crippen molar-refractivity contribution < 1.29 is 5.11 Å². The highest BCUT2D eigenvalue weighted by atomic mass is 35.5. The topological polar surface area (TPSA) is 67.3 Å². The summed E-state index contributed by atoms with van der Waals surface area (Å²) in [5.74, 6) is 0. The van der Waals surface area contributed by atoms with Gasteiger partial charge in [0.1, 0.15) is 0 Å². The molecule has 0 saturated heterocycles. The number of anilines is 1. The first kappa shape index (κ1) is 14.3. The van der Waals surface area contributed by atoms with E-state index in [1.165, 1.54) is 4.88 Å². The molecule has 0 aliphatic rings. The first-order chi connectivity index (χ1) is 9.02. The number of likely N-dealkylation sites (N-methyl/N-ethyl adjacent to an activating group) is 1. The molecule has 104 valence electrons. The molecule has 2 heterocycles. The number of aromatic nitrogens is 2. The number of nitrogens with zero attached hydrogens (tertiary/aromatic N) is 3. The van der Waals surface area contributed by atoms with Gasteiger partial charge in [-0.15, -0.1) is 11.3 Å². The van der Waals surface area contributed by atoms with Crippen LogP contribution in [0.2, 0.25) is 4.34 Å². The van der Waals surface area contributed by atoms with Crippen LogP contribution in [0.1, 0.15) is 4.88 Å². The van der Waals surface area contributed by atoms with E-state index in [4.69, 9.17) is 17.3 Å². The van der Waals surface area contributed by atoms with E-state index in [0.717, 1.165) is 10.9 Å². The minimum Gasteiger partial charge on any atom is -0.396 e. The van der Waals surface area contributed by atoms with Crippen LogP contribution >= 0.6 is 22.9 Å². The van der Waals surface area contributed by atoms with Gasteiger partial charge in [-0.2, -0.15) is 5.10 Å². The van der Waals surface area contributed by atoms with Gasteiger partial charge in [-0.3, -0.25) is 9.58 Å². The van der Waals surface area contributed by atoms with Crippen molar-refractivity contribution in [1.82, 2.24) is 14.7 Å². The smallest absolute Gasteiger partial charge is 0.0931 e. The van der Waals surface area contributed by atoms with Crippen molar-refractivity contribution in [2.75, 3.05) is 19.3 Å². The summed E-state index contributed by atoms with van der Waals surface area (Å²) in [5, 5.41) is 14.0. The van der Waals surface area contributed by atoms with Gasteiger partial charge in [0.15, 0.2) is 0 Å². The molecule has 0 aliphatic carbocycles. The Kier molecular flexibility index (Phi) is 4.81. The van der Waals surface area contributed by atoms with Crippen molar-refractivity contribution >= 4 is 28.6 Å². The summed E-state index contributed by atoms with van der Waals surface area (Å²) in [6.45, 7) is 1.78. The molecule has 1 atom stereocenters. The third-order valence-corrected chi connectivity index (χ3v) is 3.84. The van der Waals surface area contributed by atoms with E-state index in [9.17, 15) is 5.11 Å². The highest BCUT2D eigenvalue weighted by Crippen LogP contribution is 2.22. The van der Waals surface area contributed by atoms with E-state index in [1.807, 2.05) is 19.2 Å². The van der Waals surface area contributed by atoms with Gasteiger partial charge in [-0.05, 0) is 19.2 Å². The molecule has 0 spiro atoms. The van der Waals surface area contributed by atoms with E-state index >= 15 is 0 Å². The maximum atomic E-state index is 10.00. The Hall–Kier alpha value is -1.08. The number of nitrogens with two attached hydrogens (primary N) is 1. The molecule has 0 bridgehead atoms. The summed E-state index contributed by atoms with van der Waals surface area (Å²) in [6, 6.07) is 3.89. The largest absolute Gasteiger partial charge is 0.396 e. The van der Waals surface area contributed by atoms with E-state index in [0.29, 0.717) is 18.8 Å². The van der Waals surface area contributed by atoms with Crippen LogP contribution in [0.3, 0.4) is 0 Å². The van der Waals surface area contributed by atoms with Gasteiger partial charge in [0.2, 0.25) is 0 Å². The minimum absolute atomic E-state index is 0.437. The Morgan fingerprint density at radius 1 is 1.58 bits per heavy atom. The van der Waals surface area contributed by atoms with Crippen molar-refractivity contribution in [1.29, 1.82) is 0 Å². The number of hydrogen-bond donors (Lipinski definition) is 2. The maximum Gasteiger partial charge on any atom is 0.0931 e. The Morgan fingerprint density at radius 2 is 2.37 bits per heavy atom. The van der Waals surface area contributed by atoms with Crippen LogP contribution < -0.4 is 5.73 Å². The van der Waals surface area contributed by atoms with Gasteiger partial charge >= 0.3 is 0 Å². The fourth-order valence-electron chi connectivity index (χ4n) is 1.88. The summed E-state index contributed by atoms with van der Waals surface area (Å²) >= 11 is 7.44. The first-order valence-corrected chi connectivity index (χ1v) is 7.11. The van der Waals surface area contributed by atoms with Crippen molar-refractivity contribution in [3.63, 3.8) is 0 Å². The van der Waals surface area contributed by atoms with Gasteiger partial charge in [-0.25, -0.2) is 0 Å². The summed E-state index contributed by atoms with van der Waals surface area (Å²) in [7, 11) is 1.97. The van der Waals surface area contributed by atoms with E-state index in [2.05, 4.69) is 10.00 Å². The zero-order valence-corrected chi connectivity index (χ0v) is 12.2. The van der Waals surface area contributed by atoms with Crippen molar-refractivity contribution in [2.24, 2.45) is 0 Å². The van der Waals surface area contributed by atoms with Crippen LogP contribution in [-0.2, 0) is 13.1 Å². The molecule has 2 rings (SSSR count). The van der Waals surface area contributed by atoms with Gasteiger partial charge in [0.25, 0.3) is 0 Å². The first-order valence-electron chi connectivity index (χ1n) is 5.91. The molecule has 7 heteroatoms. The molecule has 0 radical (unpaired) electrons. The quantitative estimate of drug-likeness (QED) is 0.852. The van der Waals surface area contributed by atoms with Crippen LogP contribution in [0.5, 0.6) is 0 Å². The normalized spacial score (nSPS) is 13.1. The van der Waals surface area contributed by atoms with E-state index < -0.39 is 6.10 Å². The number of nitrogen functional groups attached to an aromatic ring is 1. The number of thiophene rings is 1. The number of rotatable bonds is 6. The summed E-state index contributed by atoms with van der Waals surface area (Å²) in [5.41, 5.74) is 6.18. The summed E-state index contributed by atoms with van der Waals surface area (Å²) in [6.07, 6.45) is 2.80. The maximum absolute atomic E-state index is 10.00. The second kappa shape index (κ2) is 6.38. The van der Waals surface area contributed by atoms with Crippen LogP contribution in [0.25, 0.3) is 0 Å². The second-order valence-electron chi connectivity index (χ2n) is 4.55. The molecule has 19 heavy (non-hydrogen) atoms. The molecule has 0 aromatic carbocycles. The Bertz CT molecular complexity index is 481. The van der Waals surface area contributed by atoms with E-state index in [-0.39, 0.29) is 0 Å². The SMILES string of the molecule is CN(Cc1ccc(Cl)s1)CC(O)Cn1cc(N)cn1. The number of halogens is 1. The molecular weight excluding hydrogens is 284 g/mol. The lowest BCUT2D eigenvalue weighted by atomic mass is 10.3. The Labute approximate surface area is 121 Å². The lowest BCUT2D eigenvalue weighted by Gasteiger charge is -2.19. The highest BCUT2D eigenvalue weighted by Gasteiger charge is 2.11. The van der Waals surface area contributed by atoms with Crippen LogP contribution in [0.4, 0.5) is 5.69 Å². The summed E-state index contributed by atoms with van der Waals surface area (Å²) < 4.78 is 2.44. The molecule has 0 aliphatic heterocycles. The lowest BCUT2D eigenvalue weighted by molar-refractivity contribution is 0.104. The predicted molar refractivity (Wildman–Crippen MR) is 78.3 cm³/mol. The van der Waals surface area contributed by atoms with Gasteiger partial charge in [0, 0.05) is 24.2 Å². The van der Waals surface area contributed by atoms with Crippen LogP contribution in [0, 0.1) is 0 Å². The molecule has 2 aromatic rings. The fourth-order valence-corrected chi connectivity index (χ4v) is 3.05. The standard InChI is InChI=1S/C12H17ClN4OS/c1-16(8-11-2-3-12(13)19-11)6-10(18)7-17-5-9(14)4-15-17/h2-5,10,18H,6-8,14H2,1H3. The molecule has 0 saturated carbocycles. The molecular formula is C12H17ClN4OS. The molecule has 1 unspecified atom stereocenters. The van der Waals surface area contributed by atoms with E-state index in [1.54, 1.807) is 28.4 Å². The molecule has 2 aromatic heterocycles. The average molecular weight is 301 g/mol.